The van der Waals surface area contributed by atoms with E-state index in [1.807, 2.05) is 36.1 Å². The third-order valence-corrected chi connectivity index (χ3v) is 4.15. The minimum atomic E-state index is 0.0947. The number of hydrogen-bond donors (Lipinski definition) is 0. The smallest absolute Gasteiger partial charge is 0.257 e. The lowest BCUT2D eigenvalue weighted by molar-refractivity contribution is 0.0631. The van der Waals surface area contributed by atoms with E-state index in [2.05, 4.69) is 11.8 Å². The lowest BCUT2D eigenvalue weighted by atomic mass is 10.1. The van der Waals surface area contributed by atoms with Crippen LogP contribution in [-0.2, 0) is 0 Å². The first-order chi connectivity index (χ1) is 10.8. The first kappa shape index (κ1) is 16.8. The van der Waals surface area contributed by atoms with Gasteiger partial charge >= 0.3 is 0 Å². The highest BCUT2D eigenvalue weighted by molar-refractivity contribution is 5.97. The number of unbranched alkanes of at least 4 members (excludes halogenated alkanes) is 2. The van der Waals surface area contributed by atoms with Crippen molar-refractivity contribution in [1.82, 2.24) is 9.80 Å². The molecule has 1 fully saturated rings. The largest absolute Gasteiger partial charge is 0.493 e. The van der Waals surface area contributed by atoms with E-state index in [0.717, 1.165) is 32.7 Å². The van der Waals surface area contributed by atoms with Gasteiger partial charge in [0.2, 0.25) is 0 Å². The van der Waals surface area contributed by atoms with Crippen LogP contribution in [0.4, 0.5) is 0 Å². The number of amides is 1. The number of rotatable bonds is 7. The normalized spacial score (nSPS) is 15.8. The summed E-state index contributed by atoms with van der Waals surface area (Å²) in [5.41, 5.74) is 0.684. The zero-order valence-electron chi connectivity index (χ0n) is 13.9. The van der Waals surface area contributed by atoms with Gasteiger partial charge in [0, 0.05) is 26.2 Å². The molecule has 4 heteroatoms. The standard InChI is InChI=1S/C18H28N2O2/c1-3-5-8-11-19-12-14-20(15-13-19)18(21)16-9-6-7-10-17(16)22-4-2/h6-7,9-10H,3-5,8,11-15H2,1-2H3. The number of carbonyl (C=O) groups is 1. The second-order valence-electron chi connectivity index (χ2n) is 5.77. The molecule has 0 radical (unpaired) electrons. The Hall–Kier alpha value is -1.55. The number of nitrogens with zero attached hydrogens (tertiary/aromatic N) is 2. The fourth-order valence-corrected chi connectivity index (χ4v) is 2.86. The van der Waals surface area contributed by atoms with Gasteiger partial charge < -0.3 is 9.64 Å². The van der Waals surface area contributed by atoms with Crippen molar-refractivity contribution in [3.63, 3.8) is 0 Å². The van der Waals surface area contributed by atoms with Crippen LogP contribution < -0.4 is 4.74 Å². The van der Waals surface area contributed by atoms with E-state index in [4.69, 9.17) is 4.74 Å². The van der Waals surface area contributed by atoms with E-state index in [1.165, 1.54) is 19.3 Å². The highest BCUT2D eigenvalue weighted by atomic mass is 16.5. The van der Waals surface area contributed by atoms with Crippen molar-refractivity contribution in [2.45, 2.75) is 33.1 Å². The van der Waals surface area contributed by atoms with E-state index < -0.39 is 0 Å². The van der Waals surface area contributed by atoms with Crippen LogP contribution >= 0.6 is 0 Å². The van der Waals surface area contributed by atoms with Crippen LogP contribution in [0.5, 0.6) is 5.75 Å². The molecule has 0 unspecified atom stereocenters. The molecular formula is C18H28N2O2. The Morgan fingerprint density at radius 3 is 2.50 bits per heavy atom. The van der Waals surface area contributed by atoms with Crippen LogP contribution in [-0.4, -0.2) is 55.0 Å². The van der Waals surface area contributed by atoms with Gasteiger partial charge in [0.25, 0.3) is 5.91 Å². The van der Waals surface area contributed by atoms with Crippen LogP contribution in [0.2, 0.25) is 0 Å². The van der Waals surface area contributed by atoms with Crippen molar-refractivity contribution in [1.29, 1.82) is 0 Å². The molecule has 0 N–H and O–H groups in total. The first-order valence-corrected chi connectivity index (χ1v) is 8.49. The number of carbonyl (C=O) groups excluding carboxylic acids is 1. The van der Waals surface area contributed by atoms with Crippen LogP contribution in [0.15, 0.2) is 24.3 Å². The number of hydrogen-bond acceptors (Lipinski definition) is 3. The zero-order chi connectivity index (χ0) is 15.8. The SMILES string of the molecule is CCCCCN1CCN(C(=O)c2ccccc2OCC)CC1. The Kier molecular flexibility index (Phi) is 6.72. The van der Waals surface area contributed by atoms with Gasteiger partial charge in [0.15, 0.2) is 0 Å². The Bertz CT molecular complexity index is 468. The average Bonchev–Trinajstić information content (AvgIpc) is 2.56. The first-order valence-electron chi connectivity index (χ1n) is 8.49. The van der Waals surface area contributed by atoms with Gasteiger partial charge in [0.1, 0.15) is 5.75 Å². The Morgan fingerprint density at radius 1 is 1.09 bits per heavy atom. The number of benzene rings is 1. The fourth-order valence-electron chi connectivity index (χ4n) is 2.86. The van der Waals surface area contributed by atoms with Crippen molar-refractivity contribution >= 4 is 5.91 Å². The van der Waals surface area contributed by atoms with E-state index in [-0.39, 0.29) is 5.91 Å². The van der Waals surface area contributed by atoms with Crippen LogP contribution in [0.3, 0.4) is 0 Å². The summed E-state index contributed by atoms with van der Waals surface area (Å²) < 4.78 is 5.58. The molecule has 1 amide bonds. The topological polar surface area (TPSA) is 32.8 Å². The predicted molar refractivity (Wildman–Crippen MR) is 89.5 cm³/mol. The molecule has 0 saturated carbocycles. The molecule has 2 rings (SSSR count). The zero-order valence-corrected chi connectivity index (χ0v) is 13.9. The highest BCUT2D eigenvalue weighted by Gasteiger charge is 2.23. The summed E-state index contributed by atoms with van der Waals surface area (Å²) in [6, 6.07) is 7.54. The Labute approximate surface area is 134 Å². The Morgan fingerprint density at radius 2 is 1.82 bits per heavy atom. The van der Waals surface area contributed by atoms with Gasteiger partial charge in [0.05, 0.1) is 12.2 Å². The van der Waals surface area contributed by atoms with Gasteiger partial charge in [-0.05, 0) is 32.0 Å². The molecule has 1 heterocycles. The van der Waals surface area contributed by atoms with Gasteiger partial charge in [-0.15, -0.1) is 0 Å². The summed E-state index contributed by atoms with van der Waals surface area (Å²) in [6.07, 6.45) is 3.81. The summed E-state index contributed by atoms with van der Waals surface area (Å²) in [5, 5.41) is 0. The van der Waals surface area contributed by atoms with Crippen molar-refractivity contribution in [2.24, 2.45) is 0 Å². The van der Waals surface area contributed by atoms with Crippen molar-refractivity contribution < 1.29 is 9.53 Å². The summed E-state index contributed by atoms with van der Waals surface area (Å²) in [4.78, 5) is 17.1. The summed E-state index contributed by atoms with van der Waals surface area (Å²) in [7, 11) is 0. The molecule has 1 aromatic carbocycles. The predicted octanol–water partition coefficient (Wildman–Crippen LogP) is 3.03. The monoisotopic (exact) mass is 304 g/mol. The third-order valence-electron chi connectivity index (χ3n) is 4.15. The van der Waals surface area contributed by atoms with Crippen molar-refractivity contribution in [3.05, 3.63) is 29.8 Å². The quantitative estimate of drug-likeness (QED) is 0.726. The summed E-state index contributed by atoms with van der Waals surface area (Å²) in [5.74, 6) is 0.789. The second kappa shape index (κ2) is 8.79. The maximum Gasteiger partial charge on any atom is 0.257 e. The minimum absolute atomic E-state index is 0.0947. The van der Waals surface area contributed by atoms with Crippen molar-refractivity contribution in [3.8, 4) is 5.75 Å². The van der Waals surface area contributed by atoms with Crippen molar-refractivity contribution in [2.75, 3.05) is 39.3 Å². The molecule has 0 aliphatic carbocycles. The van der Waals surface area contributed by atoms with Crippen LogP contribution in [0.1, 0.15) is 43.5 Å². The lowest BCUT2D eigenvalue weighted by Crippen LogP contribution is -2.48. The number of ether oxygens (including phenoxy) is 1. The number of para-hydroxylation sites is 1. The summed E-state index contributed by atoms with van der Waals surface area (Å²) in [6.45, 7) is 9.49. The van der Waals surface area contributed by atoms with Gasteiger partial charge in [-0.2, -0.15) is 0 Å². The molecule has 1 aromatic rings. The second-order valence-corrected chi connectivity index (χ2v) is 5.77. The van der Waals surface area contributed by atoms with Crippen LogP contribution in [0.25, 0.3) is 0 Å². The molecule has 122 valence electrons. The maximum absolute atomic E-state index is 12.7. The molecule has 0 aromatic heterocycles. The van der Waals surface area contributed by atoms with Gasteiger partial charge in [-0.25, -0.2) is 0 Å². The molecule has 22 heavy (non-hydrogen) atoms. The van der Waals surface area contributed by atoms with Crippen LogP contribution in [0, 0.1) is 0 Å². The fraction of sp³-hybridized carbons (Fsp3) is 0.611. The minimum Gasteiger partial charge on any atom is -0.493 e. The molecular weight excluding hydrogens is 276 g/mol. The number of piperazine rings is 1. The molecule has 4 nitrogen and oxygen atoms in total. The maximum atomic E-state index is 12.7. The highest BCUT2D eigenvalue weighted by Crippen LogP contribution is 2.20. The van der Waals surface area contributed by atoms with Gasteiger partial charge in [-0.1, -0.05) is 31.9 Å². The van der Waals surface area contributed by atoms with E-state index >= 15 is 0 Å². The third kappa shape index (κ3) is 4.47. The molecule has 0 atom stereocenters. The summed E-state index contributed by atoms with van der Waals surface area (Å²) >= 11 is 0. The Balaban J connectivity index is 1.90. The van der Waals surface area contributed by atoms with E-state index in [9.17, 15) is 4.79 Å². The lowest BCUT2D eigenvalue weighted by Gasteiger charge is -2.35. The van der Waals surface area contributed by atoms with E-state index in [0.29, 0.717) is 17.9 Å². The van der Waals surface area contributed by atoms with E-state index in [1.54, 1.807) is 0 Å². The molecule has 0 bridgehead atoms. The average molecular weight is 304 g/mol. The molecule has 1 saturated heterocycles. The van der Waals surface area contributed by atoms with Gasteiger partial charge in [-0.3, -0.25) is 9.69 Å². The molecule has 1 aliphatic rings. The molecule has 0 spiro atoms. The molecule has 1 aliphatic heterocycles.